The number of benzene rings is 2. The van der Waals surface area contributed by atoms with E-state index in [1.54, 1.807) is 12.1 Å². The SMILES string of the molecule is COc1cc(CN2CCOC(c3ccc(Cl)cc3)C2)c([N+](=O)[O-])cc1OC(F)F. The molecule has 1 heterocycles. The molecule has 0 bridgehead atoms. The van der Waals surface area contributed by atoms with Crippen molar-refractivity contribution in [3.8, 4) is 11.5 Å². The Morgan fingerprint density at radius 1 is 1.31 bits per heavy atom. The third-order valence-electron chi connectivity index (χ3n) is 4.56. The van der Waals surface area contributed by atoms with Crippen LogP contribution < -0.4 is 9.47 Å². The van der Waals surface area contributed by atoms with Gasteiger partial charge in [-0.3, -0.25) is 15.0 Å². The third-order valence-corrected chi connectivity index (χ3v) is 4.82. The molecule has 1 aliphatic heterocycles. The Hall–Kier alpha value is -2.49. The van der Waals surface area contributed by atoms with Crippen LogP contribution >= 0.6 is 11.6 Å². The van der Waals surface area contributed by atoms with Gasteiger partial charge >= 0.3 is 6.61 Å². The van der Waals surface area contributed by atoms with Crippen molar-refractivity contribution >= 4 is 17.3 Å². The number of ether oxygens (including phenoxy) is 3. The zero-order chi connectivity index (χ0) is 21.0. The number of hydrogen-bond donors (Lipinski definition) is 0. The standard InChI is InChI=1S/C19H19ClF2N2O5/c1-27-16-8-13(15(24(25)26)9-17(16)29-19(21)22)10-23-6-7-28-18(11-23)12-2-4-14(20)5-3-12/h2-5,8-9,18-19H,6-7,10-11H2,1H3. The molecule has 10 heteroatoms. The van der Waals surface area contributed by atoms with E-state index in [1.165, 1.54) is 13.2 Å². The highest BCUT2D eigenvalue weighted by Gasteiger charge is 2.27. The highest BCUT2D eigenvalue weighted by Crippen LogP contribution is 2.36. The molecule has 0 N–H and O–H groups in total. The number of nitro benzene ring substituents is 1. The van der Waals surface area contributed by atoms with E-state index < -0.39 is 11.5 Å². The smallest absolute Gasteiger partial charge is 0.387 e. The predicted octanol–water partition coefficient (Wildman–Crippen LogP) is 4.43. The average molecular weight is 429 g/mol. The molecule has 0 radical (unpaired) electrons. The van der Waals surface area contributed by atoms with Gasteiger partial charge in [0.2, 0.25) is 0 Å². The Morgan fingerprint density at radius 3 is 2.66 bits per heavy atom. The summed E-state index contributed by atoms with van der Waals surface area (Å²) in [5.41, 5.74) is 0.980. The van der Waals surface area contributed by atoms with Crippen LogP contribution in [-0.4, -0.2) is 43.2 Å². The summed E-state index contributed by atoms with van der Waals surface area (Å²) < 4.78 is 40.4. The second kappa shape index (κ2) is 9.34. The number of hydrogen-bond acceptors (Lipinski definition) is 6. The first kappa shape index (κ1) is 21.2. The number of nitro groups is 1. The van der Waals surface area contributed by atoms with Gasteiger partial charge in [0.15, 0.2) is 11.5 Å². The van der Waals surface area contributed by atoms with Crippen LogP contribution in [0.15, 0.2) is 36.4 Å². The molecular formula is C19H19ClF2N2O5. The van der Waals surface area contributed by atoms with Gasteiger partial charge < -0.3 is 14.2 Å². The molecule has 1 fully saturated rings. The van der Waals surface area contributed by atoms with Crippen LogP contribution in [0.3, 0.4) is 0 Å². The highest BCUT2D eigenvalue weighted by molar-refractivity contribution is 6.30. The van der Waals surface area contributed by atoms with Crippen molar-refractivity contribution < 1.29 is 27.9 Å². The van der Waals surface area contributed by atoms with E-state index >= 15 is 0 Å². The normalized spacial score (nSPS) is 17.3. The number of halogens is 3. The summed E-state index contributed by atoms with van der Waals surface area (Å²) in [6.45, 7) is -1.36. The van der Waals surface area contributed by atoms with Gasteiger partial charge in [0.25, 0.3) is 5.69 Å². The number of nitrogens with zero attached hydrogens (tertiary/aromatic N) is 2. The van der Waals surface area contributed by atoms with Gasteiger partial charge in [-0.2, -0.15) is 8.78 Å². The van der Waals surface area contributed by atoms with E-state index in [2.05, 4.69) is 4.74 Å². The van der Waals surface area contributed by atoms with Crippen LogP contribution in [-0.2, 0) is 11.3 Å². The lowest BCUT2D eigenvalue weighted by Crippen LogP contribution is -2.37. The maximum Gasteiger partial charge on any atom is 0.387 e. The van der Waals surface area contributed by atoms with Crippen molar-refractivity contribution in [2.45, 2.75) is 19.3 Å². The maximum absolute atomic E-state index is 12.6. The molecule has 156 valence electrons. The number of methoxy groups -OCH3 is 1. The molecule has 1 aliphatic rings. The van der Waals surface area contributed by atoms with Gasteiger partial charge in [-0.15, -0.1) is 0 Å². The van der Waals surface area contributed by atoms with Crippen molar-refractivity contribution in [2.24, 2.45) is 0 Å². The lowest BCUT2D eigenvalue weighted by atomic mass is 10.1. The second-order valence-corrected chi connectivity index (χ2v) is 6.85. The van der Waals surface area contributed by atoms with E-state index in [1.807, 2.05) is 17.0 Å². The summed E-state index contributed by atoms with van der Waals surface area (Å²) >= 11 is 5.92. The van der Waals surface area contributed by atoms with Crippen molar-refractivity contribution in [1.82, 2.24) is 4.90 Å². The van der Waals surface area contributed by atoms with Crippen LogP contribution in [0.25, 0.3) is 0 Å². The minimum absolute atomic E-state index is 0.00779. The summed E-state index contributed by atoms with van der Waals surface area (Å²) in [5, 5.41) is 12.1. The van der Waals surface area contributed by atoms with Gasteiger partial charge in [0, 0.05) is 30.2 Å². The molecule has 7 nitrogen and oxygen atoms in total. The van der Waals surface area contributed by atoms with E-state index in [0.717, 1.165) is 11.6 Å². The fourth-order valence-corrected chi connectivity index (χ4v) is 3.33. The van der Waals surface area contributed by atoms with E-state index in [9.17, 15) is 18.9 Å². The summed E-state index contributed by atoms with van der Waals surface area (Å²) in [7, 11) is 1.29. The Labute approximate surface area is 170 Å². The number of rotatable bonds is 7. The zero-order valence-corrected chi connectivity index (χ0v) is 16.3. The summed E-state index contributed by atoms with van der Waals surface area (Å²) in [6.07, 6.45) is -0.205. The molecule has 29 heavy (non-hydrogen) atoms. The summed E-state index contributed by atoms with van der Waals surface area (Å²) in [6, 6.07) is 9.63. The molecule has 3 rings (SSSR count). The van der Waals surface area contributed by atoms with Gasteiger partial charge in [-0.25, -0.2) is 0 Å². The van der Waals surface area contributed by atoms with E-state index in [-0.39, 0.29) is 29.8 Å². The molecule has 2 aromatic carbocycles. The molecule has 1 saturated heterocycles. The minimum atomic E-state index is -3.12. The average Bonchev–Trinajstić information content (AvgIpc) is 2.69. The van der Waals surface area contributed by atoms with Crippen LogP contribution in [0.2, 0.25) is 5.02 Å². The Kier molecular flexibility index (Phi) is 6.83. The first-order valence-corrected chi connectivity index (χ1v) is 9.14. The van der Waals surface area contributed by atoms with Crippen molar-refractivity contribution in [1.29, 1.82) is 0 Å². The first-order valence-electron chi connectivity index (χ1n) is 8.77. The Balaban J connectivity index is 1.82. The van der Waals surface area contributed by atoms with E-state index in [0.29, 0.717) is 30.3 Å². The predicted molar refractivity (Wildman–Crippen MR) is 102 cm³/mol. The van der Waals surface area contributed by atoms with Crippen molar-refractivity contribution in [2.75, 3.05) is 26.8 Å². The quantitative estimate of drug-likeness (QED) is 0.479. The fourth-order valence-electron chi connectivity index (χ4n) is 3.20. The molecule has 0 aromatic heterocycles. The zero-order valence-electron chi connectivity index (χ0n) is 15.5. The van der Waals surface area contributed by atoms with Crippen LogP contribution in [0.1, 0.15) is 17.2 Å². The van der Waals surface area contributed by atoms with Gasteiger partial charge in [0.05, 0.1) is 30.8 Å². The monoisotopic (exact) mass is 428 g/mol. The molecule has 1 atom stereocenters. The van der Waals surface area contributed by atoms with Gasteiger partial charge in [-0.05, 0) is 23.8 Å². The molecule has 0 saturated carbocycles. The number of alkyl halides is 2. The van der Waals surface area contributed by atoms with Gasteiger partial charge in [0.1, 0.15) is 0 Å². The van der Waals surface area contributed by atoms with Crippen LogP contribution in [0, 0.1) is 10.1 Å². The fraction of sp³-hybridized carbons (Fsp3) is 0.368. The van der Waals surface area contributed by atoms with Crippen LogP contribution in [0.4, 0.5) is 14.5 Å². The minimum Gasteiger partial charge on any atom is -0.493 e. The molecule has 0 aliphatic carbocycles. The first-order chi connectivity index (χ1) is 13.9. The lowest BCUT2D eigenvalue weighted by Gasteiger charge is -2.33. The van der Waals surface area contributed by atoms with Crippen molar-refractivity contribution in [3.05, 3.63) is 62.7 Å². The Morgan fingerprint density at radius 2 is 2.03 bits per heavy atom. The molecule has 0 spiro atoms. The number of morpholine rings is 1. The molecular weight excluding hydrogens is 410 g/mol. The molecule has 1 unspecified atom stereocenters. The highest BCUT2D eigenvalue weighted by atomic mass is 35.5. The third kappa shape index (κ3) is 5.31. The Bertz CT molecular complexity index is 866. The largest absolute Gasteiger partial charge is 0.493 e. The summed E-state index contributed by atoms with van der Waals surface area (Å²) in [4.78, 5) is 12.9. The van der Waals surface area contributed by atoms with Gasteiger partial charge in [-0.1, -0.05) is 23.7 Å². The van der Waals surface area contributed by atoms with Crippen LogP contribution in [0.5, 0.6) is 11.5 Å². The molecule has 0 amide bonds. The lowest BCUT2D eigenvalue weighted by molar-refractivity contribution is -0.385. The second-order valence-electron chi connectivity index (χ2n) is 6.41. The van der Waals surface area contributed by atoms with Crippen molar-refractivity contribution in [3.63, 3.8) is 0 Å². The molecule has 2 aromatic rings. The van der Waals surface area contributed by atoms with E-state index in [4.69, 9.17) is 21.1 Å². The topological polar surface area (TPSA) is 74.1 Å². The maximum atomic E-state index is 12.6. The summed E-state index contributed by atoms with van der Waals surface area (Å²) in [5.74, 6) is -0.368.